The summed E-state index contributed by atoms with van der Waals surface area (Å²) in [6.07, 6.45) is -7.06. The van der Waals surface area contributed by atoms with E-state index in [0.29, 0.717) is 13.0 Å². The molecule has 2 aliphatic heterocycles. The zero-order chi connectivity index (χ0) is 26.6. The van der Waals surface area contributed by atoms with Crippen molar-refractivity contribution in [2.45, 2.75) is 76.2 Å². The van der Waals surface area contributed by atoms with Crippen LogP contribution in [0.4, 0.5) is 22.0 Å². The monoisotopic (exact) mass is 509 g/mol. The molecule has 0 radical (unpaired) electrons. The summed E-state index contributed by atoms with van der Waals surface area (Å²) in [6, 6.07) is -2.89. The molecule has 196 valence electrons. The summed E-state index contributed by atoms with van der Waals surface area (Å²) < 4.78 is 66.7. The van der Waals surface area contributed by atoms with Gasteiger partial charge in [-0.05, 0) is 25.2 Å². The number of hydrogen-bond donors (Lipinski definition) is 3. The number of piperidine rings is 1. The Kier molecular flexibility index (Phi) is 9.02. The zero-order valence-electron chi connectivity index (χ0n) is 19.3. The van der Waals surface area contributed by atoms with E-state index < -0.39 is 73.3 Å². The highest BCUT2D eigenvalue weighted by Crippen LogP contribution is 2.33. The highest BCUT2D eigenvalue weighted by Gasteiger charge is 2.48. The summed E-state index contributed by atoms with van der Waals surface area (Å²) in [6.45, 7) is 2.94. The van der Waals surface area contributed by atoms with Crippen LogP contribution in [-0.4, -0.2) is 71.8 Å². The number of rotatable bonds is 8. The highest BCUT2D eigenvalue weighted by molar-refractivity contribution is 5.93. The predicted octanol–water partition coefficient (Wildman–Crippen LogP) is 1.24. The summed E-state index contributed by atoms with van der Waals surface area (Å²) in [5.41, 5.74) is 0. The van der Waals surface area contributed by atoms with E-state index in [9.17, 15) is 46.4 Å². The molecule has 4 atom stereocenters. The molecule has 2 fully saturated rings. The van der Waals surface area contributed by atoms with Crippen molar-refractivity contribution in [3.05, 3.63) is 0 Å². The van der Waals surface area contributed by atoms with Gasteiger partial charge in [-0.3, -0.25) is 19.2 Å². The predicted molar refractivity (Wildman–Crippen MR) is 110 cm³/mol. The maximum atomic E-state index is 14.2. The fraction of sp³-hybridized carbons (Fsp3) is 0.762. The van der Waals surface area contributed by atoms with Gasteiger partial charge in [0.15, 0.2) is 0 Å². The number of hydrogen-bond acceptors (Lipinski definition) is 5. The number of nitrogens with zero attached hydrogens (tertiary/aromatic N) is 2. The third-order valence-electron chi connectivity index (χ3n) is 5.90. The Morgan fingerprint density at radius 1 is 1.26 bits per heavy atom. The first-order chi connectivity index (χ1) is 16.1. The Bertz CT molecular complexity index is 873. The average Bonchev–Trinajstić information content (AvgIpc) is 3.14. The van der Waals surface area contributed by atoms with Crippen molar-refractivity contribution in [2.75, 3.05) is 13.1 Å². The average molecular weight is 509 g/mol. The van der Waals surface area contributed by atoms with Crippen molar-refractivity contribution >= 4 is 23.6 Å². The first kappa shape index (κ1) is 28.3. The van der Waals surface area contributed by atoms with Gasteiger partial charge in [0.05, 0.1) is 6.07 Å². The van der Waals surface area contributed by atoms with Gasteiger partial charge in [0.1, 0.15) is 18.1 Å². The van der Waals surface area contributed by atoms with Gasteiger partial charge in [-0.1, -0.05) is 13.8 Å². The molecular weight excluding hydrogens is 481 g/mol. The minimum absolute atomic E-state index is 0.0667. The molecule has 0 spiro atoms. The van der Waals surface area contributed by atoms with E-state index >= 15 is 0 Å². The SMILES string of the molecule is CC(C)C[C@@H](NC(=O)C(F)(F)F)C(=O)N1CCC(F)(F)C[C@H]1C(=O)N[C@H](C#N)C[C@@H]1CCNC1=O. The summed E-state index contributed by atoms with van der Waals surface area (Å²) in [5, 5.41) is 15.8. The van der Waals surface area contributed by atoms with Crippen molar-refractivity contribution in [3.8, 4) is 6.07 Å². The number of carbonyl (C=O) groups excluding carboxylic acids is 4. The molecule has 14 heteroatoms. The van der Waals surface area contributed by atoms with Gasteiger partial charge in [0.2, 0.25) is 17.7 Å². The summed E-state index contributed by atoms with van der Waals surface area (Å²) in [4.78, 5) is 49.9. The molecule has 0 aliphatic carbocycles. The molecule has 2 rings (SSSR count). The topological polar surface area (TPSA) is 131 Å². The molecule has 2 aliphatic rings. The number of halogens is 5. The molecule has 0 bridgehead atoms. The molecule has 35 heavy (non-hydrogen) atoms. The molecule has 2 saturated heterocycles. The maximum Gasteiger partial charge on any atom is 0.471 e. The van der Waals surface area contributed by atoms with E-state index in [4.69, 9.17) is 0 Å². The lowest BCUT2D eigenvalue weighted by Gasteiger charge is -2.40. The van der Waals surface area contributed by atoms with Crippen molar-refractivity contribution in [1.29, 1.82) is 5.26 Å². The lowest BCUT2D eigenvalue weighted by atomic mass is 9.94. The number of carbonyl (C=O) groups is 4. The second kappa shape index (κ2) is 11.2. The molecule has 4 amide bonds. The third kappa shape index (κ3) is 7.76. The number of alkyl halides is 5. The first-order valence-electron chi connectivity index (χ1n) is 11.2. The highest BCUT2D eigenvalue weighted by atomic mass is 19.4. The third-order valence-corrected chi connectivity index (χ3v) is 5.90. The molecule has 0 aromatic heterocycles. The second-order valence-corrected chi connectivity index (χ2v) is 9.21. The second-order valence-electron chi connectivity index (χ2n) is 9.21. The van der Waals surface area contributed by atoms with E-state index in [-0.39, 0.29) is 24.7 Å². The quantitative estimate of drug-likeness (QED) is 0.424. The van der Waals surface area contributed by atoms with Crippen LogP contribution in [0.25, 0.3) is 0 Å². The van der Waals surface area contributed by atoms with Crippen LogP contribution in [-0.2, 0) is 19.2 Å². The van der Waals surface area contributed by atoms with Crippen LogP contribution >= 0.6 is 0 Å². The first-order valence-corrected chi connectivity index (χ1v) is 11.2. The molecule has 9 nitrogen and oxygen atoms in total. The number of likely N-dealkylation sites (tertiary alicyclic amines) is 1. The van der Waals surface area contributed by atoms with Crippen molar-refractivity contribution < 1.29 is 41.1 Å². The van der Waals surface area contributed by atoms with E-state index in [1.54, 1.807) is 25.2 Å². The molecule has 0 aromatic carbocycles. The summed E-state index contributed by atoms with van der Waals surface area (Å²) >= 11 is 0. The van der Waals surface area contributed by atoms with Gasteiger partial charge < -0.3 is 20.9 Å². The van der Waals surface area contributed by atoms with E-state index in [0.717, 1.165) is 4.90 Å². The maximum absolute atomic E-state index is 14.2. The summed E-state index contributed by atoms with van der Waals surface area (Å²) in [5.74, 6) is -9.11. The largest absolute Gasteiger partial charge is 0.471 e. The van der Waals surface area contributed by atoms with E-state index in [1.165, 1.54) is 0 Å². The molecule has 0 aromatic rings. The fourth-order valence-corrected chi connectivity index (χ4v) is 4.13. The van der Waals surface area contributed by atoms with Crippen LogP contribution in [0, 0.1) is 23.2 Å². The Balaban J connectivity index is 2.22. The lowest BCUT2D eigenvalue weighted by molar-refractivity contribution is -0.176. The minimum atomic E-state index is -5.27. The summed E-state index contributed by atoms with van der Waals surface area (Å²) in [7, 11) is 0. The van der Waals surface area contributed by atoms with Gasteiger partial charge >= 0.3 is 12.1 Å². The number of nitriles is 1. The van der Waals surface area contributed by atoms with Crippen molar-refractivity contribution in [3.63, 3.8) is 0 Å². The Morgan fingerprint density at radius 2 is 1.91 bits per heavy atom. The minimum Gasteiger partial charge on any atom is -0.356 e. The molecule has 3 N–H and O–H groups in total. The van der Waals surface area contributed by atoms with Crippen molar-refractivity contribution in [2.24, 2.45) is 11.8 Å². The fourth-order valence-electron chi connectivity index (χ4n) is 4.13. The van der Waals surface area contributed by atoms with Crippen LogP contribution in [0.2, 0.25) is 0 Å². The van der Waals surface area contributed by atoms with Crippen LogP contribution in [0.1, 0.15) is 46.0 Å². The Morgan fingerprint density at radius 3 is 2.43 bits per heavy atom. The van der Waals surface area contributed by atoms with Gasteiger partial charge in [0, 0.05) is 31.8 Å². The Hall–Kier alpha value is -2.98. The van der Waals surface area contributed by atoms with Gasteiger partial charge in [-0.25, -0.2) is 8.78 Å². The Labute approximate surface area is 198 Å². The van der Waals surface area contributed by atoms with Crippen LogP contribution in [0.5, 0.6) is 0 Å². The smallest absolute Gasteiger partial charge is 0.356 e. The molecule has 0 saturated carbocycles. The molecule has 0 unspecified atom stereocenters. The number of amides is 4. The van der Waals surface area contributed by atoms with Gasteiger partial charge in [-0.15, -0.1) is 0 Å². The normalized spacial score (nSPS) is 23.7. The molecular formula is C21H28F5N5O4. The van der Waals surface area contributed by atoms with Crippen LogP contribution in [0.3, 0.4) is 0 Å². The zero-order valence-corrected chi connectivity index (χ0v) is 19.3. The van der Waals surface area contributed by atoms with Gasteiger partial charge in [-0.2, -0.15) is 18.4 Å². The van der Waals surface area contributed by atoms with E-state index in [1.807, 2.05) is 0 Å². The van der Waals surface area contributed by atoms with Gasteiger partial charge in [0.25, 0.3) is 5.92 Å². The number of nitrogens with one attached hydrogen (secondary N) is 3. The van der Waals surface area contributed by atoms with Crippen LogP contribution in [0.15, 0.2) is 0 Å². The van der Waals surface area contributed by atoms with Crippen LogP contribution < -0.4 is 16.0 Å². The van der Waals surface area contributed by atoms with E-state index in [2.05, 4.69) is 10.6 Å². The standard InChI is InChI=1S/C21H28F5N5O4/c1-11(2)7-14(30-19(35)21(24,25)26)18(34)31-6-4-20(22,23)9-15(31)17(33)29-13(10-27)8-12-3-5-28-16(12)32/h11-15H,3-9H2,1-2H3,(H,28,32)(H,29,33)(H,30,35)/t12-,13-,14+,15-/m0/s1. The molecule has 2 heterocycles. The van der Waals surface area contributed by atoms with Crippen molar-refractivity contribution in [1.82, 2.24) is 20.9 Å². The lowest BCUT2D eigenvalue weighted by Crippen LogP contribution is -2.61.